The number of amides is 2. The molecule has 0 unspecified atom stereocenters. The molecule has 3 fully saturated rings. The standard InChI is InChI=1S/C20H30N2O2/c23-18(17-7-1-2-8-17)21-12-4-9-20(10-13-21)11-14-22(19(20)24)15-16-5-3-6-16/h1-2,16-17H,3-15H2/t20-/m0/s1. The fourth-order valence-corrected chi connectivity index (χ4v) is 5.01. The number of nitrogens with zero attached hydrogens (tertiary/aromatic N) is 2. The average Bonchev–Trinajstić information content (AvgIpc) is 3.10. The lowest BCUT2D eigenvalue weighted by molar-refractivity contribution is -0.139. The highest BCUT2D eigenvalue weighted by atomic mass is 16.2. The minimum Gasteiger partial charge on any atom is -0.342 e. The van der Waals surface area contributed by atoms with Gasteiger partial charge in [-0.3, -0.25) is 9.59 Å². The van der Waals surface area contributed by atoms with E-state index in [4.69, 9.17) is 0 Å². The average molecular weight is 330 g/mol. The van der Waals surface area contributed by atoms with E-state index in [-0.39, 0.29) is 11.3 Å². The SMILES string of the molecule is O=C(C1CC=CC1)N1CCC[C@]2(CC1)CCN(CC1CCC1)C2=O. The van der Waals surface area contributed by atoms with Crippen molar-refractivity contribution in [1.82, 2.24) is 9.80 Å². The Bertz CT molecular complexity index is 532. The Morgan fingerprint density at radius 3 is 2.50 bits per heavy atom. The van der Waals surface area contributed by atoms with Gasteiger partial charge in [0.05, 0.1) is 5.41 Å². The van der Waals surface area contributed by atoms with Gasteiger partial charge in [-0.1, -0.05) is 18.6 Å². The van der Waals surface area contributed by atoms with Gasteiger partial charge >= 0.3 is 0 Å². The van der Waals surface area contributed by atoms with Gasteiger partial charge in [0, 0.05) is 32.1 Å². The van der Waals surface area contributed by atoms with Gasteiger partial charge in [0.25, 0.3) is 0 Å². The number of allylic oxidation sites excluding steroid dienone is 2. The van der Waals surface area contributed by atoms with Crippen molar-refractivity contribution in [2.45, 2.75) is 57.8 Å². The summed E-state index contributed by atoms with van der Waals surface area (Å²) < 4.78 is 0. The van der Waals surface area contributed by atoms with E-state index in [1.807, 2.05) is 4.90 Å². The molecule has 0 aromatic rings. The number of hydrogen-bond acceptors (Lipinski definition) is 2. The molecule has 2 heterocycles. The second-order valence-electron chi connectivity index (χ2n) is 8.40. The molecule has 24 heavy (non-hydrogen) atoms. The maximum atomic E-state index is 13.1. The van der Waals surface area contributed by atoms with Gasteiger partial charge in [0.1, 0.15) is 0 Å². The zero-order valence-corrected chi connectivity index (χ0v) is 14.7. The van der Waals surface area contributed by atoms with Crippen LogP contribution in [0.1, 0.15) is 57.8 Å². The Hall–Kier alpha value is -1.32. The minimum absolute atomic E-state index is 0.160. The smallest absolute Gasteiger partial charge is 0.228 e. The van der Waals surface area contributed by atoms with Crippen LogP contribution in [0.3, 0.4) is 0 Å². The van der Waals surface area contributed by atoms with Gasteiger partial charge in [-0.2, -0.15) is 0 Å². The monoisotopic (exact) mass is 330 g/mol. The molecule has 2 saturated heterocycles. The molecule has 1 atom stereocenters. The van der Waals surface area contributed by atoms with Crippen LogP contribution in [0.15, 0.2) is 12.2 Å². The Morgan fingerprint density at radius 1 is 1.04 bits per heavy atom. The van der Waals surface area contributed by atoms with Crippen LogP contribution in [0.2, 0.25) is 0 Å². The lowest BCUT2D eigenvalue weighted by Crippen LogP contribution is -2.40. The van der Waals surface area contributed by atoms with E-state index in [0.29, 0.717) is 11.8 Å². The van der Waals surface area contributed by atoms with Crippen LogP contribution in [0.5, 0.6) is 0 Å². The third-order valence-electron chi connectivity index (χ3n) is 6.92. The third-order valence-corrected chi connectivity index (χ3v) is 6.92. The molecule has 2 aliphatic heterocycles. The lowest BCUT2D eigenvalue weighted by Gasteiger charge is -2.32. The third kappa shape index (κ3) is 2.89. The van der Waals surface area contributed by atoms with Gasteiger partial charge in [0.2, 0.25) is 11.8 Å². The van der Waals surface area contributed by atoms with Crippen LogP contribution in [0.4, 0.5) is 0 Å². The Kier molecular flexibility index (Phi) is 4.40. The summed E-state index contributed by atoms with van der Waals surface area (Å²) in [6.07, 6.45) is 13.8. The van der Waals surface area contributed by atoms with Crippen LogP contribution in [-0.2, 0) is 9.59 Å². The van der Waals surface area contributed by atoms with E-state index in [1.165, 1.54) is 19.3 Å². The highest BCUT2D eigenvalue weighted by Crippen LogP contribution is 2.43. The fourth-order valence-electron chi connectivity index (χ4n) is 5.01. The summed E-state index contributed by atoms with van der Waals surface area (Å²) in [7, 11) is 0. The van der Waals surface area contributed by atoms with E-state index in [1.54, 1.807) is 0 Å². The van der Waals surface area contributed by atoms with Crippen LogP contribution in [-0.4, -0.2) is 47.8 Å². The number of likely N-dealkylation sites (tertiary alicyclic amines) is 2. The molecular weight excluding hydrogens is 300 g/mol. The Labute approximate surface area is 145 Å². The van der Waals surface area contributed by atoms with Crippen LogP contribution in [0.25, 0.3) is 0 Å². The molecule has 0 radical (unpaired) electrons. The van der Waals surface area contributed by atoms with Crippen molar-refractivity contribution >= 4 is 11.8 Å². The molecule has 1 saturated carbocycles. The minimum atomic E-state index is -0.160. The summed E-state index contributed by atoms with van der Waals surface area (Å²) in [6, 6.07) is 0. The molecule has 2 aliphatic carbocycles. The lowest BCUT2D eigenvalue weighted by atomic mass is 9.79. The van der Waals surface area contributed by atoms with Crippen molar-refractivity contribution in [3.05, 3.63) is 12.2 Å². The zero-order valence-electron chi connectivity index (χ0n) is 14.7. The zero-order chi connectivity index (χ0) is 16.6. The van der Waals surface area contributed by atoms with Crippen molar-refractivity contribution in [3.8, 4) is 0 Å². The topological polar surface area (TPSA) is 40.6 Å². The predicted octanol–water partition coefficient (Wildman–Crippen LogP) is 2.98. The quantitative estimate of drug-likeness (QED) is 0.747. The van der Waals surface area contributed by atoms with Gasteiger partial charge in [-0.05, 0) is 57.3 Å². The number of rotatable bonds is 3. The first kappa shape index (κ1) is 16.2. The molecule has 132 valence electrons. The van der Waals surface area contributed by atoms with Crippen molar-refractivity contribution in [3.63, 3.8) is 0 Å². The summed E-state index contributed by atoms with van der Waals surface area (Å²) in [4.78, 5) is 29.9. The molecule has 0 aromatic carbocycles. The second-order valence-corrected chi connectivity index (χ2v) is 8.40. The van der Waals surface area contributed by atoms with Crippen molar-refractivity contribution < 1.29 is 9.59 Å². The molecule has 1 spiro atoms. The first-order valence-electron chi connectivity index (χ1n) is 9.91. The van der Waals surface area contributed by atoms with Crippen LogP contribution in [0, 0.1) is 17.3 Å². The number of carbonyl (C=O) groups excluding carboxylic acids is 2. The maximum Gasteiger partial charge on any atom is 0.228 e. The number of carbonyl (C=O) groups is 2. The predicted molar refractivity (Wildman–Crippen MR) is 93.3 cm³/mol. The summed E-state index contributed by atoms with van der Waals surface area (Å²) in [5.41, 5.74) is -0.160. The molecule has 2 amide bonds. The molecular formula is C20H30N2O2. The second kappa shape index (κ2) is 6.53. The van der Waals surface area contributed by atoms with E-state index < -0.39 is 0 Å². The Morgan fingerprint density at radius 2 is 1.79 bits per heavy atom. The molecule has 4 heteroatoms. The van der Waals surface area contributed by atoms with Crippen molar-refractivity contribution in [2.75, 3.05) is 26.2 Å². The molecule has 0 bridgehead atoms. The van der Waals surface area contributed by atoms with E-state index in [9.17, 15) is 9.59 Å². The van der Waals surface area contributed by atoms with Gasteiger partial charge in [-0.15, -0.1) is 0 Å². The molecule has 4 rings (SSSR count). The summed E-state index contributed by atoms with van der Waals surface area (Å²) in [5.74, 6) is 1.62. The maximum absolute atomic E-state index is 13.1. The first-order valence-corrected chi connectivity index (χ1v) is 9.91. The van der Waals surface area contributed by atoms with E-state index in [2.05, 4.69) is 17.1 Å². The highest BCUT2D eigenvalue weighted by molar-refractivity contribution is 5.85. The fraction of sp³-hybridized carbons (Fsp3) is 0.800. The van der Waals surface area contributed by atoms with E-state index >= 15 is 0 Å². The summed E-state index contributed by atoms with van der Waals surface area (Å²) in [6.45, 7) is 3.54. The van der Waals surface area contributed by atoms with Crippen LogP contribution < -0.4 is 0 Å². The van der Waals surface area contributed by atoms with Crippen molar-refractivity contribution in [1.29, 1.82) is 0 Å². The molecule has 0 aromatic heterocycles. The largest absolute Gasteiger partial charge is 0.342 e. The Balaban J connectivity index is 1.37. The first-order chi connectivity index (χ1) is 11.7. The van der Waals surface area contributed by atoms with Gasteiger partial charge < -0.3 is 9.80 Å². The molecule has 4 nitrogen and oxygen atoms in total. The van der Waals surface area contributed by atoms with Gasteiger partial charge in [0.15, 0.2) is 0 Å². The normalized spacial score (nSPS) is 31.8. The summed E-state index contributed by atoms with van der Waals surface area (Å²) >= 11 is 0. The van der Waals surface area contributed by atoms with Crippen LogP contribution >= 0.6 is 0 Å². The van der Waals surface area contributed by atoms with E-state index in [0.717, 1.165) is 70.6 Å². The summed E-state index contributed by atoms with van der Waals surface area (Å²) in [5, 5.41) is 0. The van der Waals surface area contributed by atoms with Gasteiger partial charge in [-0.25, -0.2) is 0 Å². The molecule has 0 N–H and O–H groups in total. The molecule has 4 aliphatic rings. The van der Waals surface area contributed by atoms with Crippen molar-refractivity contribution in [2.24, 2.45) is 17.3 Å². The number of hydrogen-bond donors (Lipinski definition) is 0. The highest BCUT2D eigenvalue weighted by Gasteiger charge is 2.47.